The standard InChI is InChI=1S/C16H28N2O/c1-12-8-14(15(19-7)9-13(12)2)10-18(6)16(3,4)11-17-5/h8-9,17H,10-11H2,1-7H3. The van der Waals surface area contributed by atoms with Gasteiger partial charge in [0, 0.05) is 24.2 Å². The SMILES string of the molecule is CNCC(C)(C)N(C)Cc1cc(C)c(C)cc1OC. The first-order valence-corrected chi connectivity index (χ1v) is 6.81. The van der Waals surface area contributed by atoms with Gasteiger partial charge in [0.1, 0.15) is 5.75 Å². The predicted molar refractivity (Wildman–Crippen MR) is 81.9 cm³/mol. The van der Waals surface area contributed by atoms with Gasteiger partial charge in [-0.1, -0.05) is 6.07 Å². The van der Waals surface area contributed by atoms with Gasteiger partial charge >= 0.3 is 0 Å². The van der Waals surface area contributed by atoms with Gasteiger partial charge in [-0.05, 0) is 59.0 Å². The van der Waals surface area contributed by atoms with E-state index in [1.54, 1.807) is 7.11 Å². The zero-order chi connectivity index (χ0) is 14.6. The second-order valence-electron chi connectivity index (χ2n) is 5.95. The molecule has 0 fully saturated rings. The molecule has 0 saturated carbocycles. The Bertz CT molecular complexity index is 427. The van der Waals surface area contributed by atoms with E-state index in [0.29, 0.717) is 0 Å². The van der Waals surface area contributed by atoms with E-state index in [1.165, 1.54) is 16.7 Å². The smallest absolute Gasteiger partial charge is 0.123 e. The highest BCUT2D eigenvalue weighted by atomic mass is 16.5. The van der Waals surface area contributed by atoms with Gasteiger partial charge in [-0.25, -0.2) is 0 Å². The molecule has 0 aliphatic rings. The van der Waals surface area contributed by atoms with Gasteiger partial charge in [-0.15, -0.1) is 0 Å². The number of benzene rings is 1. The first-order chi connectivity index (χ1) is 8.81. The average molecular weight is 264 g/mol. The molecule has 108 valence electrons. The van der Waals surface area contributed by atoms with Crippen LogP contribution in [-0.2, 0) is 6.54 Å². The van der Waals surface area contributed by atoms with Gasteiger partial charge in [0.25, 0.3) is 0 Å². The highest BCUT2D eigenvalue weighted by Crippen LogP contribution is 2.26. The zero-order valence-electron chi connectivity index (χ0n) is 13.4. The van der Waals surface area contributed by atoms with E-state index in [1.807, 2.05) is 7.05 Å². The largest absolute Gasteiger partial charge is 0.496 e. The normalized spacial score (nSPS) is 12.0. The Morgan fingerprint density at radius 1 is 1.21 bits per heavy atom. The van der Waals surface area contributed by atoms with Crippen molar-refractivity contribution >= 4 is 0 Å². The van der Waals surface area contributed by atoms with Gasteiger partial charge < -0.3 is 10.1 Å². The molecule has 0 heterocycles. The molecule has 1 rings (SSSR count). The van der Waals surface area contributed by atoms with Crippen LogP contribution in [0.1, 0.15) is 30.5 Å². The summed E-state index contributed by atoms with van der Waals surface area (Å²) >= 11 is 0. The second kappa shape index (κ2) is 6.40. The summed E-state index contributed by atoms with van der Waals surface area (Å²) in [6.07, 6.45) is 0. The Labute approximate surface area is 118 Å². The molecular weight excluding hydrogens is 236 g/mol. The van der Waals surface area contributed by atoms with Gasteiger partial charge in [0.15, 0.2) is 0 Å². The van der Waals surface area contributed by atoms with Crippen molar-refractivity contribution in [3.05, 3.63) is 28.8 Å². The Hall–Kier alpha value is -1.06. The van der Waals surface area contributed by atoms with Crippen molar-refractivity contribution < 1.29 is 4.74 Å². The summed E-state index contributed by atoms with van der Waals surface area (Å²) in [4.78, 5) is 2.36. The second-order valence-corrected chi connectivity index (χ2v) is 5.95. The van der Waals surface area contributed by atoms with Crippen LogP contribution in [-0.4, -0.2) is 38.2 Å². The molecule has 0 saturated heterocycles. The third-order valence-electron chi connectivity index (χ3n) is 3.95. The maximum Gasteiger partial charge on any atom is 0.123 e. The quantitative estimate of drug-likeness (QED) is 0.855. The molecule has 3 nitrogen and oxygen atoms in total. The van der Waals surface area contributed by atoms with Crippen LogP contribution < -0.4 is 10.1 Å². The lowest BCUT2D eigenvalue weighted by molar-refractivity contribution is 0.146. The monoisotopic (exact) mass is 264 g/mol. The third-order valence-corrected chi connectivity index (χ3v) is 3.95. The number of aryl methyl sites for hydroxylation is 2. The van der Waals surface area contributed by atoms with E-state index >= 15 is 0 Å². The molecule has 0 aliphatic carbocycles. The molecular formula is C16H28N2O. The first kappa shape index (κ1) is 16.0. The molecule has 1 N–H and O–H groups in total. The van der Waals surface area contributed by atoms with Crippen LogP contribution in [0.2, 0.25) is 0 Å². The molecule has 3 heteroatoms. The van der Waals surface area contributed by atoms with Gasteiger partial charge in [0.2, 0.25) is 0 Å². The van der Waals surface area contributed by atoms with Crippen molar-refractivity contribution in [2.24, 2.45) is 0 Å². The summed E-state index contributed by atoms with van der Waals surface area (Å²) in [7, 11) is 5.89. The van der Waals surface area contributed by atoms with Crippen LogP contribution in [0.3, 0.4) is 0 Å². The fraction of sp³-hybridized carbons (Fsp3) is 0.625. The number of ether oxygens (including phenoxy) is 1. The molecule has 0 unspecified atom stereocenters. The maximum atomic E-state index is 5.51. The van der Waals surface area contributed by atoms with Crippen molar-refractivity contribution in [2.75, 3.05) is 27.7 Å². The Kier molecular flexibility index (Phi) is 5.39. The lowest BCUT2D eigenvalue weighted by atomic mass is 10.0. The van der Waals surface area contributed by atoms with E-state index in [4.69, 9.17) is 4.74 Å². The fourth-order valence-electron chi connectivity index (χ4n) is 2.20. The first-order valence-electron chi connectivity index (χ1n) is 6.81. The van der Waals surface area contributed by atoms with Gasteiger partial charge in [-0.2, -0.15) is 0 Å². The minimum atomic E-state index is 0.110. The van der Waals surface area contributed by atoms with Crippen LogP contribution in [0.5, 0.6) is 5.75 Å². The minimum Gasteiger partial charge on any atom is -0.496 e. The molecule has 0 aliphatic heterocycles. The van der Waals surface area contributed by atoms with Gasteiger partial charge in [0.05, 0.1) is 7.11 Å². The predicted octanol–water partition coefficient (Wildman–Crippen LogP) is 2.74. The van der Waals surface area contributed by atoms with Crippen LogP contribution in [0, 0.1) is 13.8 Å². The fourth-order valence-corrected chi connectivity index (χ4v) is 2.20. The van der Waals surface area contributed by atoms with Crippen LogP contribution in [0.4, 0.5) is 0 Å². The van der Waals surface area contributed by atoms with Crippen LogP contribution >= 0.6 is 0 Å². The molecule has 1 aromatic rings. The number of likely N-dealkylation sites (N-methyl/N-ethyl adjacent to an activating group) is 2. The number of methoxy groups -OCH3 is 1. The van der Waals surface area contributed by atoms with Crippen molar-refractivity contribution in [1.29, 1.82) is 0 Å². The molecule has 0 atom stereocenters. The van der Waals surface area contributed by atoms with E-state index < -0.39 is 0 Å². The highest BCUT2D eigenvalue weighted by Gasteiger charge is 2.23. The van der Waals surface area contributed by atoms with Crippen molar-refractivity contribution in [3.8, 4) is 5.75 Å². The summed E-state index contributed by atoms with van der Waals surface area (Å²) in [5, 5.41) is 3.25. The van der Waals surface area contributed by atoms with Crippen molar-refractivity contribution in [2.45, 2.75) is 39.8 Å². The number of nitrogens with one attached hydrogen (secondary N) is 1. The summed E-state index contributed by atoms with van der Waals surface area (Å²) in [5.41, 5.74) is 3.95. The Morgan fingerprint density at radius 2 is 1.79 bits per heavy atom. The summed E-state index contributed by atoms with van der Waals surface area (Å²) < 4.78 is 5.51. The van der Waals surface area contributed by atoms with Crippen LogP contribution in [0.15, 0.2) is 12.1 Å². The lowest BCUT2D eigenvalue weighted by Crippen LogP contribution is -2.47. The third kappa shape index (κ3) is 3.95. The minimum absolute atomic E-state index is 0.110. The Morgan fingerprint density at radius 3 is 2.32 bits per heavy atom. The molecule has 0 aromatic heterocycles. The molecule has 0 spiro atoms. The lowest BCUT2D eigenvalue weighted by Gasteiger charge is -2.36. The molecule has 1 aromatic carbocycles. The summed E-state index contributed by atoms with van der Waals surface area (Å²) in [6.45, 7) is 10.6. The molecule has 19 heavy (non-hydrogen) atoms. The number of rotatable bonds is 6. The summed E-state index contributed by atoms with van der Waals surface area (Å²) in [6, 6.07) is 4.36. The van der Waals surface area contributed by atoms with Crippen LogP contribution in [0.25, 0.3) is 0 Å². The number of hydrogen-bond acceptors (Lipinski definition) is 3. The molecule has 0 radical (unpaired) electrons. The molecule has 0 bridgehead atoms. The number of nitrogens with zero attached hydrogens (tertiary/aromatic N) is 1. The van der Waals surface area contributed by atoms with Crippen molar-refractivity contribution in [3.63, 3.8) is 0 Å². The Balaban J connectivity index is 2.96. The van der Waals surface area contributed by atoms with Gasteiger partial charge in [-0.3, -0.25) is 4.90 Å². The maximum absolute atomic E-state index is 5.51. The van der Waals surface area contributed by atoms with Crippen molar-refractivity contribution in [1.82, 2.24) is 10.2 Å². The highest BCUT2D eigenvalue weighted by molar-refractivity contribution is 5.41. The topological polar surface area (TPSA) is 24.5 Å². The van der Waals surface area contributed by atoms with E-state index in [9.17, 15) is 0 Å². The average Bonchev–Trinajstić information content (AvgIpc) is 2.33. The van der Waals surface area contributed by atoms with E-state index in [-0.39, 0.29) is 5.54 Å². The summed E-state index contributed by atoms with van der Waals surface area (Å²) in [5.74, 6) is 0.982. The zero-order valence-corrected chi connectivity index (χ0v) is 13.4. The molecule has 0 amide bonds. The van der Waals surface area contributed by atoms with E-state index in [0.717, 1.165) is 18.8 Å². The van der Waals surface area contributed by atoms with E-state index in [2.05, 4.69) is 57.1 Å². The number of hydrogen-bond donors (Lipinski definition) is 1.